The van der Waals surface area contributed by atoms with Crippen molar-refractivity contribution in [2.75, 3.05) is 11.3 Å². The van der Waals surface area contributed by atoms with E-state index in [0.29, 0.717) is 22.5 Å². The van der Waals surface area contributed by atoms with Crippen LogP contribution in [-0.2, 0) is 10.0 Å². The molecule has 2 aromatic carbocycles. The van der Waals surface area contributed by atoms with Crippen LogP contribution in [0, 0.1) is 13.8 Å². The second-order valence-electron chi connectivity index (χ2n) is 4.88. The van der Waals surface area contributed by atoms with Crippen LogP contribution in [0.1, 0.15) is 18.1 Å². The van der Waals surface area contributed by atoms with Gasteiger partial charge in [-0.3, -0.25) is 4.72 Å². The molecule has 0 bridgehead atoms. The van der Waals surface area contributed by atoms with Gasteiger partial charge in [-0.1, -0.05) is 28.1 Å². The zero-order valence-corrected chi connectivity index (χ0v) is 15.1. The third kappa shape index (κ3) is 3.62. The average molecular weight is 384 g/mol. The van der Waals surface area contributed by atoms with Gasteiger partial charge in [-0.15, -0.1) is 0 Å². The maximum Gasteiger partial charge on any atom is 0.265 e. The first kappa shape index (κ1) is 16.8. The zero-order valence-electron chi connectivity index (χ0n) is 12.7. The molecule has 0 saturated carbocycles. The van der Waals surface area contributed by atoms with Gasteiger partial charge < -0.3 is 4.74 Å². The number of hydrogen-bond donors (Lipinski definition) is 1. The minimum atomic E-state index is -3.73. The normalized spacial score (nSPS) is 11.3. The Morgan fingerprint density at radius 2 is 1.91 bits per heavy atom. The van der Waals surface area contributed by atoms with Gasteiger partial charge in [0.1, 0.15) is 10.6 Å². The van der Waals surface area contributed by atoms with Crippen LogP contribution in [-0.4, -0.2) is 15.0 Å². The third-order valence-electron chi connectivity index (χ3n) is 3.34. The van der Waals surface area contributed by atoms with Crippen molar-refractivity contribution in [3.8, 4) is 5.75 Å². The number of rotatable bonds is 5. The van der Waals surface area contributed by atoms with Crippen LogP contribution in [0.25, 0.3) is 0 Å². The van der Waals surface area contributed by atoms with Crippen LogP contribution in [0.3, 0.4) is 0 Å². The van der Waals surface area contributed by atoms with E-state index in [-0.39, 0.29) is 4.90 Å². The second-order valence-corrected chi connectivity index (χ2v) is 7.44. The Kier molecular flexibility index (Phi) is 5.13. The SMILES string of the molecule is CCOc1ccc(Br)cc1S(=O)(=O)Nc1cccc(C)c1C. The molecule has 1 N–H and O–H groups in total. The fourth-order valence-electron chi connectivity index (χ4n) is 2.03. The van der Waals surface area contributed by atoms with E-state index in [1.165, 1.54) is 0 Å². The minimum absolute atomic E-state index is 0.115. The van der Waals surface area contributed by atoms with Crippen molar-refractivity contribution in [1.29, 1.82) is 0 Å². The number of nitrogens with one attached hydrogen (secondary N) is 1. The molecule has 2 rings (SSSR count). The van der Waals surface area contributed by atoms with Crippen molar-refractivity contribution >= 4 is 31.6 Å². The Bertz CT molecular complexity index is 788. The molecular weight excluding hydrogens is 366 g/mol. The average Bonchev–Trinajstić information content (AvgIpc) is 2.46. The molecule has 0 aromatic heterocycles. The van der Waals surface area contributed by atoms with Crippen molar-refractivity contribution in [2.45, 2.75) is 25.7 Å². The lowest BCUT2D eigenvalue weighted by molar-refractivity contribution is 0.331. The van der Waals surface area contributed by atoms with E-state index in [1.807, 2.05) is 32.9 Å². The van der Waals surface area contributed by atoms with Crippen LogP contribution < -0.4 is 9.46 Å². The van der Waals surface area contributed by atoms with Gasteiger partial charge in [0.25, 0.3) is 10.0 Å². The number of benzene rings is 2. The Balaban J connectivity index is 2.47. The molecule has 0 aliphatic rings. The van der Waals surface area contributed by atoms with Crippen molar-refractivity contribution in [3.05, 3.63) is 52.0 Å². The van der Waals surface area contributed by atoms with E-state index in [9.17, 15) is 8.42 Å². The Morgan fingerprint density at radius 1 is 1.18 bits per heavy atom. The lowest BCUT2D eigenvalue weighted by Gasteiger charge is -2.15. The molecule has 0 aliphatic heterocycles. The summed E-state index contributed by atoms with van der Waals surface area (Å²) >= 11 is 3.30. The van der Waals surface area contributed by atoms with Crippen LogP contribution in [0.2, 0.25) is 0 Å². The van der Waals surface area contributed by atoms with Crippen LogP contribution >= 0.6 is 15.9 Å². The molecule has 6 heteroatoms. The van der Waals surface area contributed by atoms with Gasteiger partial charge in [0.2, 0.25) is 0 Å². The highest BCUT2D eigenvalue weighted by Crippen LogP contribution is 2.30. The molecule has 0 radical (unpaired) electrons. The lowest BCUT2D eigenvalue weighted by atomic mass is 10.1. The fraction of sp³-hybridized carbons (Fsp3) is 0.250. The predicted octanol–water partition coefficient (Wildman–Crippen LogP) is 4.27. The molecule has 0 atom stereocenters. The number of aryl methyl sites for hydroxylation is 1. The fourth-order valence-corrected chi connectivity index (χ4v) is 3.84. The van der Waals surface area contributed by atoms with Crippen LogP contribution in [0.15, 0.2) is 45.8 Å². The summed E-state index contributed by atoms with van der Waals surface area (Å²) in [6, 6.07) is 10.5. The Morgan fingerprint density at radius 3 is 2.59 bits per heavy atom. The summed E-state index contributed by atoms with van der Waals surface area (Å²) in [5.41, 5.74) is 2.50. The molecule has 0 saturated heterocycles. The summed E-state index contributed by atoms with van der Waals surface area (Å²) in [7, 11) is -3.73. The Labute approximate surface area is 139 Å². The molecule has 0 spiro atoms. The van der Waals surface area contributed by atoms with Gasteiger partial charge in [0, 0.05) is 4.47 Å². The minimum Gasteiger partial charge on any atom is -0.492 e. The predicted molar refractivity (Wildman–Crippen MR) is 92.0 cm³/mol. The monoisotopic (exact) mass is 383 g/mol. The van der Waals surface area contributed by atoms with E-state index in [2.05, 4.69) is 20.7 Å². The van der Waals surface area contributed by atoms with Crippen molar-refractivity contribution in [1.82, 2.24) is 0 Å². The maximum absolute atomic E-state index is 12.7. The molecule has 0 aliphatic carbocycles. The number of anilines is 1. The summed E-state index contributed by atoms with van der Waals surface area (Å²) in [6.45, 7) is 6.04. The zero-order chi connectivity index (χ0) is 16.3. The quantitative estimate of drug-likeness (QED) is 0.838. The van der Waals surface area contributed by atoms with Gasteiger partial charge in [0.15, 0.2) is 0 Å². The van der Waals surface area contributed by atoms with Crippen LogP contribution in [0.4, 0.5) is 5.69 Å². The molecule has 2 aromatic rings. The summed E-state index contributed by atoms with van der Waals surface area (Å²) in [6.07, 6.45) is 0. The highest BCUT2D eigenvalue weighted by Gasteiger charge is 2.21. The molecule has 0 fully saturated rings. The van der Waals surface area contributed by atoms with Gasteiger partial charge in [-0.2, -0.15) is 0 Å². The lowest BCUT2D eigenvalue weighted by Crippen LogP contribution is -2.15. The number of sulfonamides is 1. The molecule has 22 heavy (non-hydrogen) atoms. The van der Waals surface area contributed by atoms with Gasteiger partial charge in [-0.25, -0.2) is 8.42 Å². The van der Waals surface area contributed by atoms with Crippen LogP contribution in [0.5, 0.6) is 5.75 Å². The molecule has 0 unspecified atom stereocenters. The van der Waals surface area contributed by atoms with E-state index in [0.717, 1.165) is 11.1 Å². The largest absolute Gasteiger partial charge is 0.492 e. The summed E-state index contributed by atoms with van der Waals surface area (Å²) in [5, 5.41) is 0. The topological polar surface area (TPSA) is 55.4 Å². The molecule has 4 nitrogen and oxygen atoms in total. The molecule has 0 heterocycles. The third-order valence-corrected chi connectivity index (χ3v) is 5.22. The van der Waals surface area contributed by atoms with E-state index >= 15 is 0 Å². The first-order chi connectivity index (χ1) is 10.3. The van der Waals surface area contributed by atoms with Crippen molar-refractivity contribution in [2.24, 2.45) is 0 Å². The summed E-state index contributed by atoms with van der Waals surface area (Å²) in [4.78, 5) is 0.115. The second kappa shape index (κ2) is 6.71. The summed E-state index contributed by atoms with van der Waals surface area (Å²) < 4.78 is 34.2. The Hall–Kier alpha value is -1.53. The van der Waals surface area contributed by atoms with E-state index in [4.69, 9.17) is 4.74 Å². The van der Waals surface area contributed by atoms with E-state index in [1.54, 1.807) is 24.3 Å². The first-order valence-electron chi connectivity index (χ1n) is 6.86. The first-order valence-corrected chi connectivity index (χ1v) is 9.14. The highest BCUT2D eigenvalue weighted by molar-refractivity contribution is 9.10. The van der Waals surface area contributed by atoms with Crippen molar-refractivity contribution in [3.63, 3.8) is 0 Å². The van der Waals surface area contributed by atoms with Gasteiger partial charge in [0.05, 0.1) is 12.3 Å². The van der Waals surface area contributed by atoms with Gasteiger partial charge in [-0.05, 0) is 56.2 Å². The standard InChI is InChI=1S/C16H18BrNO3S/c1-4-21-15-9-8-13(17)10-16(15)22(19,20)18-14-7-5-6-11(2)12(14)3/h5-10,18H,4H2,1-3H3. The summed E-state index contributed by atoms with van der Waals surface area (Å²) in [5.74, 6) is 0.337. The van der Waals surface area contributed by atoms with Gasteiger partial charge >= 0.3 is 0 Å². The smallest absolute Gasteiger partial charge is 0.265 e. The molecular formula is C16H18BrNO3S. The molecule has 0 amide bonds. The van der Waals surface area contributed by atoms with E-state index < -0.39 is 10.0 Å². The number of hydrogen-bond acceptors (Lipinski definition) is 3. The molecule has 118 valence electrons. The van der Waals surface area contributed by atoms with Crippen molar-refractivity contribution < 1.29 is 13.2 Å². The number of halogens is 1. The number of ether oxygens (including phenoxy) is 1. The highest BCUT2D eigenvalue weighted by atomic mass is 79.9. The maximum atomic E-state index is 12.7.